The predicted octanol–water partition coefficient (Wildman–Crippen LogP) is 4.88. The van der Waals surface area contributed by atoms with E-state index < -0.39 is 0 Å². The Balaban J connectivity index is 1.80. The highest BCUT2D eigenvalue weighted by Gasteiger charge is 2.25. The summed E-state index contributed by atoms with van der Waals surface area (Å²) in [5.41, 5.74) is 5.86. The van der Waals surface area contributed by atoms with Gasteiger partial charge in [0.2, 0.25) is 0 Å². The molecule has 4 rings (SSSR count). The zero-order chi connectivity index (χ0) is 23.7. The lowest BCUT2D eigenvalue weighted by atomic mass is 10.0. The van der Waals surface area contributed by atoms with Gasteiger partial charge in [0.1, 0.15) is 0 Å². The van der Waals surface area contributed by atoms with Crippen molar-refractivity contribution in [3.05, 3.63) is 80.9 Å². The molecule has 0 saturated heterocycles. The van der Waals surface area contributed by atoms with Gasteiger partial charge < -0.3 is 9.88 Å². The number of amides is 1. The van der Waals surface area contributed by atoms with Crippen LogP contribution in [0.2, 0.25) is 0 Å². The fourth-order valence-electron chi connectivity index (χ4n) is 3.96. The lowest BCUT2D eigenvalue weighted by molar-refractivity contribution is 0.0691. The Morgan fingerprint density at radius 1 is 1.18 bits per heavy atom. The number of aryl methyl sites for hydroxylation is 2. The van der Waals surface area contributed by atoms with E-state index in [2.05, 4.69) is 31.1 Å². The number of pyridine rings is 2. The number of carbonyl (C=O) groups is 1. The van der Waals surface area contributed by atoms with Crippen LogP contribution in [0, 0.1) is 13.8 Å². The van der Waals surface area contributed by atoms with E-state index in [9.17, 15) is 9.59 Å². The van der Waals surface area contributed by atoms with Crippen LogP contribution in [0.1, 0.15) is 46.6 Å². The Hall–Kier alpha value is -3.26. The number of rotatable bonds is 6. The van der Waals surface area contributed by atoms with Gasteiger partial charge in [0.15, 0.2) is 5.65 Å². The van der Waals surface area contributed by atoms with Crippen molar-refractivity contribution in [3.8, 4) is 11.3 Å². The molecule has 8 heteroatoms. The highest BCUT2D eigenvalue weighted by Crippen LogP contribution is 2.27. The number of alkyl halides is 1. The summed E-state index contributed by atoms with van der Waals surface area (Å²) < 4.78 is 0. The molecule has 7 nitrogen and oxygen atoms in total. The lowest BCUT2D eigenvalue weighted by Gasteiger charge is -2.27. The molecule has 0 atom stereocenters. The minimum atomic E-state index is -0.170. The number of hydrogen-bond acceptors (Lipinski definition) is 4. The number of nitrogens with zero attached hydrogens (tertiary/aromatic N) is 3. The van der Waals surface area contributed by atoms with Gasteiger partial charge in [-0.05, 0) is 57.0 Å². The first-order chi connectivity index (χ1) is 15.8. The summed E-state index contributed by atoms with van der Waals surface area (Å²) >= 11 is 3.49. The van der Waals surface area contributed by atoms with Gasteiger partial charge in [0.05, 0.1) is 29.4 Å². The van der Waals surface area contributed by atoms with E-state index in [-0.39, 0.29) is 24.1 Å². The van der Waals surface area contributed by atoms with E-state index in [0.717, 1.165) is 27.7 Å². The molecule has 1 aromatic carbocycles. The molecule has 3 aromatic heterocycles. The topological polar surface area (TPSA) is 94.7 Å². The van der Waals surface area contributed by atoms with Crippen LogP contribution in [0.4, 0.5) is 0 Å². The number of aromatic amines is 2. The number of carbonyl (C=O) groups excluding carboxylic acids is 1. The number of fused-ring (bicyclic) bond motifs is 1. The van der Waals surface area contributed by atoms with E-state index >= 15 is 0 Å². The molecule has 0 radical (unpaired) electrons. The fourth-order valence-corrected chi connectivity index (χ4v) is 4.31. The van der Waals surface area contributed by atoms with Crippen LogP contribution in [-0.2, 0) is 11.9 Å². The molecular formula is C25H26BrN5O2. The number of H-pyrrole nitrogens is 2. The number of halogens is 1. The molecule has 170 valence electrons. The van der Waals surface area contributed by atoms with Crippen LogP contribution in [-0.4, -0.2) is 37.0 Å². The maximum Gasteiger partial charge on any atom is 0.255 e. The summed E-state index contributed by atoms with van der Waals surface area (Å²) in [6.07, 6.45) is 1.62. The molecule has 0 unspecified atom stereocenters. The summed E-state index contributed by atoms with van der Waals surface area (Å²) in [5.74, 6) is -0.170. The van der Waals surface area contributed by atoms with Crippen molar-refractivity contribution < 1.29 is 4.79 Å². The fraction of sp³-hybridized carbons (Fsp3) is 0.280. The predicted molar refractivity (Wildman–Crippen MR) is 134 cm³/mol. The molecule has 0 spiro atoms. The van der Waals surface area contributed by atoms with Crippen molar-refractivity contribution >= 4 is 32.9 Å². The monoisotopic (exact) mass is 507 g/mol. The second-order valence-electron chi connectivity index (χ2n) is 8.49. The Morgan fingerprint density at radius 2 is 1.97 bits per heavy atom. The van der Waals surface area contributed by atoms with Crippen molar-refractivity contribution in [1.82, 2.24) is 25.1 Å². The number of benzene rings is 1. The highest BCUT2D eigenvalue weighted by molar-refractivity contribution is 9.08. The van der Waals surface area contributed by atoms with Crippen LogP contribution >= 0.6 is 15.9 Å². The quantitative estimate of drug-likeness (QED) is 0.363. The van der Waals surface area contributed by atoms with Gasteiger partial charge in [-0.1, -0.05) is 34.1 Å². The Morgan fingerprint density at radius 3 is 2.67 bits per heavy atom. The van der Waals surface area contributed by atoms with Gasteiger partial charge in [-0.2, -0.15) is 5.10 Å². The average Bonchev–Trinajstić information content (AvgIpc) is 3.26. The van der Waals surface area contributed by atoms with E-state index in [1.54, 1.807) is 11.1 Å². The SMILES string of the molecule is Cc1cc(C)c(CN(C(=O)c2cc(-c3cccc(CBr)c3)nc3[nH]ncc23)C(C)C)c(=O)[nH]1. The Bertz CT molecular complexity index is 1390. The van der Waals surface area contributed by atoms with Gasteiger partial charge in [0.25, 0.3) is 11.5 Å². The average molecular weight is 508 g/mol. The van der Waals surface area contributed by atoms with E-state index in [1.165, 1.54) is 0 Å². The first-order valence-electron chi connectivity index (χ1n) is 10.8. The van der Waals surface area contributed by atoms with Crippen LogP contribution in [0.5, 0.6) is 0 Å². The molecule has 1 amide bonds. The normalized spacial score (nSPS) is 11.3. The van der Waals surface area contributed by atoms with Gasteiger partial charge in [-0.15, -0.1) is 0 Å². The first-order valence-corrected chi connectivity index (χ1v) is 11.9. The van der Waals surface area contributed by atoms with E-state index in [1.807, 2.05) is 64.1 Å². The van der Waals surface area contributed by atoms with E-state index in [4.69, 9.17) is 4.98 Å². The molecule has 0 bridgehead atoms. The Labute approximate surface area is 200 Å². The minimum absolute atomic E-state index is 0.118. The zero-order valence-corrected chi connectivity index (χ0v) is 20.7. The van der Waals surface area contributed by atoms with Crippen LogP contribution in [0.25, 0.3) is 22.3 Å². The smallest absolute Gasteiger partial charge is 0.255 e. The Kier molecular flexibility index (Phi) is 6.47. The third kappa shape index (κ3) is 4.61. The first kappa shape index (κ1) is 22.9. The molecule has 0 fully saturated rings. The largest absolute Gasteiger partial charge is 0.332 e. The number of hydrogen-bond donors (Lipinski definition) is 2. The molecule has 4 aromatic rings. The summed E-state index contributed by atoms with van der Waals surface area (Å²) in [5, 5.41) is 8.40. The maximum atomic E-state index is 13.8. The van der Waals surface area contributed by atoms with Crippen LogP contribution in [0.3, 0.4) is 0 Å². The third-order valence-corrected chi connectivity index (χ3v) is 6.38. The van der Waals surface area contributed by atoms with Crippen LogP contribution in [0.15, 0.2) is 47.4 Å². The summed E-state index contributed by atoms with van der Waals surface area (Å²) in [7, 11) is 0. The molecular weight excluding hydrogens is 482 g/mol. The lowest BCUT2D eigenvalue weighted by Crippen LogP contribution is -2.38. The van der Waals surface area contributed by atoms with Crippen molar-refractivity contribution in [3.63, 3.8) is 0 Å². The minimum Gasteiger partial charge on any atom is -0.332 e. The zero-order valence-electron chi connectivity index (χ0n) is 19.1. The molecule has 0 saturated carbocycles. The summed E-state index contributed by atoms with van der Waals surface area (Å²) in [6, 6.07) is 11.6. The molecule has 2 N–H and O–H groups in total. The third-order valence-electron chi connectivity index (χ3n) is 5.74. The van der Waals surface area contributed by atoms with Crippen molar-refractivity contribution in [2.45, 2.75) is 45.6 Å². The van der Waals surface area contributed by atoms with Gasteiger partial charge in [-0.3, -0.25) is 14.7 Å². The highest BCUT2D eigenvalue weighted by atomic mass is 79.9. The second kappa shape index (κ2) is 9.31. The molecule has 0 aliphatic heterocycles. The van der Waals surface area contributed by atoms with Crippen LogP contribution < -0.4 is 5.56 Å². The second-order valence-corrected chi connectivity index (χ2v) is 9.05. The molecule has 0 aliphatic rings. The molecule has 33 heavy (non-hydrogen) atoms. The maximum absolute atomic E-state index is 13.8. The summed E-state index contributed by atoms with van der Waals surface area (Å²) in [4.78, 5) is 35.7. The standard InChI is InChI=1S/C25H26BrN5O2/c1-14(2)31(13-21-15(3)8-16(4)28-24(21)32)25(33)19-10-22(29-23-20(19)12-27-30-23)18-7-5-6-17(9-18)11-26/h5-10,12,14H,11,13H2,1-4H3,(H,28,32)(H,27,29,30). The number of nitrogens with one attached hydrogen (secondary N) is 2. The van der Waals surface area contributed by atoms with Gasteiger partial charge in [0, 0.05) is 28.2 Å². The van der Waals surface area contributed by atoms with Crippen molar-refractivity contribution in [2.75, 3.05) is 0 Å². The van der Waals surface area contributed by atoms with Gasteiger partial charge in [-0.25, -0.2) is 4.98 Å². The summed E-state index contributed by atoms with van der Waals surface area (Å²) in [6.45, 7) is 7.86. The van der Waals surface area contributed by atoms with Crippen molar-refractivity contribution in [1.29, 1.82) is 0 Å². The van der Waals surface area contributed by atoms with E-state index in [0.29, 0.717) is 27.9 Å². The molecule has 0 aliphatic carbocycles. The number of aromatic nitrogens is 4. The van der Waals surface area contributed by atoms with Gasteiger partial charge >= 0.3 is 0 Å². The van der Waals surface area contributed by atoms with Crippen molar-refractivity contribution in [2.24, 2.45) is 0 Å². The molecule has 3 heterocycles.